The molecule has 4 nitrogen and oxygen atoms in total. The molecule has 1 unspecified atom stereocenters. The van der Waals surface area contributed by atoms with E-state index in [-0.39, 0.29) is 6.04 Å². The molecule has 3 N–H and O–H groups in total. The zero-order valence-corrected chi connectivity index (χ0v) is 12.7. The van der Waals surface area contributed by atoms with Crippen molar-refractivity contribution in [3.63, 3.8) is 0 Å². The molecule has 0 heterocycles. The molecule has 1 aromatic carbocycles. The summed E-state index contributed by atoms with van der Waals surface area (Å²) < 4.78 is 5.15. The van der Waals surface area contributed by atoms with Crippen LogP contribution in [0.1, 0.15) is 32.4 Å². The van der Waals surface area contributed by atoms with E-state index in [9.17, 15) is 4.79 Å². The number of nitrogens with one attached hydrogen (secondary N) is 1. The summed E-state index contributed by atoms with van der Waals surface area (Å²) in [5.41, 5.74) is 6.52. The predicted molar refractivity (Wildman–Crippen MR) is 79.4 cm³/mol. The SMILES string of the molecule is CSc1ccc(C(N)CNC(=O)OC(C)(C)C)cc1. The third-order valence-corrected chi connectivity index (χ3v) is 3.15. The first-order valence-electron chi connectivity index (χ1n) is 6.18. The van der Waals surface area contributed by atoms with Gasteiger partial charge in [0, 0.05) is 17.5 Å². The molecule has 0 aliphatic rings. The molecular formula is C14H22N2O2S. The minimum Gasteiger partial charge on any atom is -0.444 e. The summed E-state index contributed by atoms with van der Waals surface area (Å²) in [4.78, 5) is 12.7. The van der Waals surface area contributed by atoms with E-state index in [4.69, 9.17) is 10.5 Å². The van der Waals surface area contributed by atoms with Gasteiger partial charge in [0.25, 0.3) is 0 Å². The number of hydrogen-bond donors (Lipinski definition) is 2. The van der Waals surface area contributed by atoms with Gasteiger partial charge in [0.05, 0.1) is 0 Å². The van der Waals surface area contributed by atoms with E-state index in [0.717, 1.165) is 5.56 Å². The lowest BCUT2D eigenvalue weighted by atomic mass is 10.1. The maximum absolute atomic E-state index is 11.5. The fourth-order valence-corrected chi connectivity index (χ4v) is 1.88. The van der Waals surface area contributed by atoms with Crippen molar-refractivity contribution in [3.05, 3.63) is 29.8 Å². The van der Waals surface area contributed by atoms with Gasteiger partial charge in [0.15, 0.2) is 0 Å². The maximum Gasteiger partial charge on any atom is 0.407 e. The zero-order chi connectivity index (χ0) is 14.5. The Morgan fingerprint density at radius 2 is 1.95 bits per heavy atom. The van der Waals surface area contributed by atoms with E-state index in [1.54, 1.807) is 11.8 Å². The number of hydrogen-bond acceptors (Lipinski definition) is 4. The topological polar surface area (TPSA) is 64.3 Å². The van der Waals surface area contributed by atoms with Gasteiger partial charge in [-0.2, -0.15) is 0 Å². The van der Waals surface area contributed by atoms with Gasteiger partial charge in [-0.1, -0.05) is 12.1 Å². The van der Waals surface area contributed by atoms with Crippen LogP contribution in [0.15, 0.2) is 29.2 Å². The highest BCUT2D eigenvalue weighted by Gasteiger charge is 2.16. The summed E-state index contributed by atoms with van der Waals surface area (Å²) in [5.74, 6) is 0. The van der Waals surface area contributed by atoms with Crippen LogP contribution in [0, 0.1) is 0 Å². The van der Waals surface area contributed by atoms with Crippen LogP contribution in [0.25, 0.3) is 0 Å². The van der Waals surface area contributed by atoms with Crippen molar-refractivity contribution < 1.29 is 9.53 Å². The predicted octanol–water partition coefficient (Wildman–Crippen LogP) is 2.93. The molecule has 19 heavy (non-hydrogen) atoms. The van der Waals surface area contributed by atoms with Crippen LogP contribution in [0.2, 0.25) is 0 Å². The zero-order valence-electron chi connectivity index (χ0n) is 11.9. The first kappa shape index (κ1) is 15.9. The first-order valence-corrected chi connectivity index (χ1v) is 7.40. The quantitative estimate of drug-likeness (QED) is 0.833. The summed E-state index contributed by atoms with van der Waals surface area (Å²) in [6.07, 6.45) is 1.59. The maximum atomic E-state index is 11.5. The van der Waals surface area contributed by atoms with Crippen molar-refractivity contribution in [2.24, 2.45) is 5.73 Å². The van der Waals surface area contributed by atoms with Crippen molar-refractivity contribution >= 4 is 17.9 Å². The Morgan fingerprint density at radius 3 is 2.42 bits per heavy atom. The van der Waals surface area contributed by atoms with Crippen molar-refractivity contribution in [1.82, 2.24) is 5.32 Å². The normalized spacial score (nSPS) is 12.9. The molecule has 1 atom stereocenters. The Labute approximate surface area is 119 Å². The lowest BCUT2D eigenvalue weighted by Crippen LogP contribution is -2.36. The number of benzene rings is 1. The highest BCUT2D eigenvalue weighted by Crippen LogP contribution is 2.17. The van der Waals surface area contributed by atoms with Crippen molar-refractivity contribution in [2.75, 3.05) is 12.8 Å². The molecule has 0 spiro atoms. The number of rotatable bonds is 4. The number of carbonyl (C=O) groups is 1. The summed E-state index contributed by atoms with van der Waals surface area (Å²) in [7, 11) is 0. The van der Waals surface area contributed by atoms with Gasteiger partial charge in [0.2, 0.25) is 0 Å². The van der Waals surface area contributed by atoms with E-state index in [1.807, 2.05) is 51.3 Å². The Kier molecular flexibility index (Phi) is 5.69. The fourth-order valence-electron chi connectivity index (χ4n) is 1.48. The molecule has 0 radical (unpaired) electrons. The third kappa shape index (κ3) is 5.98. The van der Waals surface area contributed by atoms with Crippen molar-refractivity contribution in [1.29, 1.82) is 0 Å². The molecule has 0 fully saturated rings. The van der Waals surface area contributed by atoms with Gasteiger partial charge < -0.3 is 15.8 Å². The first-order chi connectivity index (χ1) is 8.81. The minimum absolute atomic E-state index is 0.233. The molecule has 5 heteroatoms. The summed E-state index contributed by atoms with van der Waals surface area (Å²) in [6, 6.07) is 7.77. The van der Waals surface area contributed by atoms with Crippen LogP contribution in [-0.2, 0) is 4.74 Å². The molecule has 1 amide bonds. The second-order valence-corrected chi connectivity index (χ2v) is 6.14. The van der Waals surface area contributed by atoms with Crippen LogP contribution >= 0.6 is 11.8 Å². The molecule has 1 aromatic rings. The van der Waals surface area contributed by atoms with E-state index < -0.39 is 11.7 Å². The molecule has 106 valence electrons. The van der Waals surface area contributed by atoms with Gasteiger partial charge >= 0.3 is 6.09 Å². The Hall–Kier alpha value is -1.20. The molecular weight excluding hydrogens is 260 g/mol. The lowest BCUT2D eigenvalue weighted by Gasteiger charge is -2.21. The molecule has 0 saturated carbocycles. The molecule has 0 aromatic heterocycles. The Balaban J connectivity index is 2.46. The number of ether oxygens (including phenoxy) is 1. The van der Waals surface area contributed by atoms with Crippen LogP contribution in [0.5, 0.6) is 0 Å². The van der Waals surface area contributed by atoms with E-state index in [1.165, 1.54) is 4.90 Å². The van der Waals surface area contributed by atoms with Gasteiger partial charge in [-0.15, -0.1) is 11.8 Å². The number of alkyl carbamates (subject to hydrolysis) is 1. The van der Waals surface area contributed by atoms with Gasteiger partial charge in [0.1, 0.15) is 5.60 Å². The standard InChI is InChI=1S/C14H22N2O2S/c1-14(2,3)18-13(17)16-9-12(15)10-5-7-11(19-4)8-6-10/h5-8,12H,9,15H2,1-4H3,(H,16,17). The molecule has 0 aliphatic carbocycles. The van der Waals surface area contributed by atoms with Crippen LogP contribution in [0.4, 0.5) is 4.79 Å². The average Bonchev–Trinajstić information content (AvgIpc) is 2.34. The van der Waals surface area contributed by atoms with E-state index in [0.29, 0.717) is 6.54 Å². The summed E-state index contributed by atoms with van der Waals surface area (Å²) in [6.45, 7) is 5.84. The Morgan fingerprint density at radius 1 is 1.37 bits per heavy atom. The molecule has 0 bridgehead atoms. The van der Waals surface area contributed by atoms with Crippen molar-refractivity contribution in [3.8, 4) is 0 Å². The summed E-state index contributed by atoms with van der Waals surface area (Å²) in [5, 5.41) is 2.67. The number of nitrogens with two attached hydrogens (primary N) is 1. The number of carbonyl (C=O) groups excluding carboxylic acids is 1. The van der Waals surface area contributed by atoms with Crippen LogP contribution in [0.3, 0.4) is 0 Å². The minimum atomic E-state index is -0.492. The van der Waals surface area contributed by atoms with Gasteiger partial charge in [-0.3, -0.25) is 0 Å². The molecule has 1 rings (SSSR count). The average molecular weight is 282 g/mol. The van der Waals surface area contributed by atoms with Gasteiger partial charge in [-0.05, 0) is 44.7 Å². The highest BCUT2D eigenvalue weighted by molar-refractivity contribution is 7.98. The smallest absolute Gasteiger partial charge is 0.407 e. The van der Waals surface area contributed by atoms with Crippen molar-refractivity contribution in [2.45, 2.75) is 37.3 Å². The number of thioether (sulfide) groups is 1. The van der Waals surface area contributed by atoms with E-state index in [2.05, 4.69) is 5.32 Å². The van der Waals surface area contributed by atoms with E-state index >= 15 is 0 Å². The molecule has 0 saturated heterocycles. The third-order valence-electron chi connectivity index (χ3n) is 2.41. The van der Waals surface area contributed by atoms with Crippen LogP contribution < -0.4 is 11.1 Å². The summed E-state index contributed by atoms with van der Waals surface area (Å²) >= 11 is 1.68. The van der Waals surface area contributed by atoms with Gasteiger partial charge in [-0.25, -0.2) is 4.79 Å². The molecule has 0 aliphatic heterocycles. The second-order valence-electron chi connectivity index (χ2n) is 5.26. The largest absolute Gasteiger partial charge is 0.444 e. The monoisotopic (exact) mass is 282 g/mol. The highest BCUT2D eigenvalue weighted by atomic mass is 32.2. The Bertz CT molecular complexity index is 412. The lowest BCUT2D eigenvalue weighted by molar-refractivity contribution is 0.0524. The second kappa shape index (κ2) is 6.82. The van der Waals surface area contributed by atoms with Crippen LogP contribution in [-0.4, -0.2) is 24.5 Å². The number of amides is 1. The fraction of sp³-hybridized carbons (Fsp3) is 0.500.